The maximum Gasteiger partial charge on any atom is 0.0516 e. The molecule has 0 heterocycles. The summed E-state index contributed by atoms with van der Waals surface area (Å²) >= 11 is 6.19. The van der Waals surface area contributed by atoms with Crippen molar-refractivity contribution in [3.8, 4) is 0 Å². The van der Waals surface area contributed by atoms with Crippen LogP contribution in [0.1, 0.15) is 35.6 Å². The van der Waals surface area contributed by atoms with Gasteiger partial charge in [0.05, 0.1) is 6.04 Å². The number of rotatable bonds is 2. The molecule has 98 valence electrons. The molecule has 2 aromatic rings. The summed E-state index contributed by atoms with van der Waals surface area (Å²) in [6.45, 7) is 2.07. The molecular formula is C17H18ClN. The minimum Gasteiger partial charge on any atom is -0.378 e. The molecule has 2 aromatic carbocycles. The molecule has 0 fully saturated rings. The van der Waals surface area contributed by atoms with E-state index in [1.165, 1.54) is 30.4 Å². The van der Waals surface area contributed by atoms with Gasteiger partial charge in [0.2, 0.25) is 0 Å². The van der Waals surface area contributed by atoms with E-state index >= 15 is 0 Å². The first kappa shape index (κ1) is 12.6. The fourth-order valence-corrected chi connectivity index (χ4v) is 3.03. The van der Waals surface area contributed by atoms with Crippen LogP contribution >= 0.6 is 11.6 Å². The Morgan fingerprint density at radius 2 is 1.95 bits per heavy atom. The van der Waals surface area contributed by atoms with Crippen molar-refractivity contribution in [3.05, 3.63) is 64.2 Å². The molecule has 1 atom stereocenters. The van der Waals surface area contributed by atoms with Crippen LogP contribution in [0.15, 0.2) is 42.5 Å². The molecule has 0 bridgehead atoms. The average molecular weight is 272 g/mol. The minimum absolute atomic E-state index is 0.405. The lowest BCUT2D eigenvalue weighted by Crippen LogP contribution is -2.17. The average Bonchev–Trinajstić information content (AvgIpc) is 2.44. The van der Waals surface area contributed by atoms with E-state index in [-0.39, 0.29) is 0 Å². The van der Waals surface area contributed by atoms with Gasteiger partial charge < -0.3 is 5.32 Å². The van der Waals surface area contributed by atoms with E-state index in [0.29, 0.717) is 6.04 Å². The number of nitrogens with one attached hydrogen (secondary N) is 1. The van der Waals surface area contributed by atoms with E-state index in [1.807, 2.05) is 12.1 Å². The molecule has 0 aliphatic heterocycles. The third-order valence-electron chi connectivity index (χ3n) is 3.97. The van der Waals surface area contributed by atoms with Gasteiger partial charge in [0.15, 0.2) is 0 Å². The zero-order chi connectivity index (χ0) is 13.2. The fourth-order valence-electron chi connectivity index (χ4n) is 2.86. The number of aryl methyl sites for hydroxylation is 1. The first-order valence-corrected chi connectivity index (χ1v) is 7.23. The van der Waals surface area contributed by atoms with Crippen molar-refractivity contribution in [3.63, 3.8) is 0 Å². The van der Waals surface area contributed by atoms with Gasteiger partial charge in [-0.1, -0.05) is 41.9 Å². The summed E-state index contributed by atoms with van der Waals surface area (Å²) in [5, 5.41) is 4.49. The number of benzene rings is 2. The Morgan fingerprint density at radius 1 is 1.11 bits per heavy atom. The zero-order valence-electron chi connectivity index (χ0n) is 11.1. The first-order chi connectivity index (χ1) is 9.25. The van der Waals surface area contributed by atoms with Crippen molar-refractivity contribution in [1.29, 1.82) is 0 Å². The van der Waals surface area contributed by atoms with Crippen LogP contribution in [-0.4, -0.2) is 0 Å². The SMILES string of the molecule is Cc1c(Cl)cccc1NC1CCCc2ccccc21. The third-order valence-corrected chi connectivity index (χ3v) is 4.38. The van der Waals surface area contributed by atoms with Crippen LogP contribution < -0.4 is 5.32 Å². The molecule has 3 rings (SSSR count). The molecule has 1 N–H and O–H groups in total. The predicted octanol–water partition coefficient (Wildman–Crippen LogP) is 5.14. The lowest BCUT2D eigenvalue weighted by atomic mass is 9.87. The van der Waals surface area contributed by atoms with Crippen molar-refractivity contribution in [2.75, 3.05) is 5.32 Å². The maximum absolute atomic E-state index is 6.19. The normalized spacial score (nSPS) is 17.9. The highest BCUT2D eigenvalue weighted by Gasteiger charge is 2.20. The highest BCUT2D eigenvalue weighted by Crippen LogP contribution is 2.34. The molecule has 1 nitrogen and oxygen atoms in total. The van der Waals surface area contributed by atoms with Gasteiger partial charge in [-0.3, -0.25) is 0 Å². The molecule has 1 unspecified atom stereocenters. The van der Waals surface area contributed by atoms with Gasteiger partial charge in [0, 0.05) is 10.7 Å². The summed E-state index contributed by atoms with van der Waals surface area (Å²) in [6.07, 6.45) is 3.63. The molecular weight excluding hydrogens is 254 g/mol. The second-order valence-corrected chi connectivity index (χ2v) is 5.61. The summed E-state index contributed by atoms with van der Waals surface area (Å²) in [4.78, 5) is 0. The zero-order valence-corrected chi connectivity index (χ0v) is 11.9. The smallest absolute Gasteiger partial charge is 0.0516 e. The van der Waals surface area contributed by atoms with Crippen molar-refractivity contribution < 1.29 is 0 Å². The molecule has 0 spiro atoms. The lowest BCUT2D eigenvalue weighted by molar-refractivity contribution is 0.600. The van der Waals surface area contributed by atoms with E-state index in [0.717, 1.165) is 16.3 Å². The minimum atomic E-state index is 0.405. The summed E-state index contributed by atoms with van der Waals surface area (Å²) < 4.78 is 0. The second-order valence-electron chi connectivity index (χ2n) is 5.20. The monoisotopic (exact) mass is 271 g/mol. The van der Waals surface area contributed by atoms with Crippen LogP contribution in [0.2, 0.25) is 5.02 Å². The van der Waals surface area contributed by atoms with E-state index in [1.54, 1.807) is 0 Å². The molecule has 0 amide bonds. The molecule has 1 aliphatic carbocycles. The molecule has 0 saturated carbocycles. The van der Waals surface area contributed by atoms with Gasteiger partial charge >= 0.3 is 0 Å². The van der Waals surface area contributed by atoms with Crippen LogP contribution in [0, 0.1) is 6.92 Å². The number of hydrogen-bond donors (Lipinski definition) is 1. The Labute approximate surface area is 119 Å². The molecule has 2 heteroatoms. The maximum atomic E-state index is 6.19. The summed E-state index contributed by atoms with van der Waals surface area (Å²) in [7, 11) is 0. The van der Waals surface area contributed by atoms with Gasteiger partial charge in [-0.2, -0.15) is 0 Å². The van der Waals surface area contributed by atoms with E-state index < -0.39 is 0 Å². The quantitative estimate of drug-likeness (QED) is 0.798. The first-order valence-electron chi connectivity index (χ1n) is 6.85. The Hall–Kier alpha value is -1.47. The Kier molecular flexibility index (Phi) is 3.48. The van der Waals surface area contributed by atoms with Crippen molar-refractivity contribution >= 4 is 17.3 Å². The van der Waals surface area contributed by atoms with Crippen LogP contribution in [0.25, 0.3) is 0 Å². The van der Waals surface area contributed by atoms with Gasteiger partial charge in [0.1, 0.15) is 0 Å². The van der Waals surface area contributed by atoms with Crippen LogP contribution in [0.3, 0.4) is 0 Å². The number of fused-ring (bicyclic) bond motifs is 1. The molecule has 1 aliphatic rings. The lowest BCUT2D eigenvalue weighted by Gasteiger charge is -2.28. The predicted molar refractivity (Wildman–Crippen MR) is 81.9 cm³/mol. The van der Waals surface area contributed by atoms with Gasteiger partial charge in [0.25, 0.3) is 0 Å². The number of hydrogen-bond acceptors (Lipinski definition) is 1. The number of halogens is 1. The summed E-state index contributed by atoms with van der Waals surface area (Å²) in [5.41, 5.74) is 5.19. The number of anilines is 1. The van der Waals surface area contributed by atoms with Gasteiger partial charge in [-0.25, -0.2) is 0 Å². The highest BCUT2D eigenvalue weighted by atomic mass is 35.5. The molecule has 0 aromatic heterocycles. The molecule has 0 saturated heterocycles. The van der Waals surface area contributed by atoms with Gasteiger partial charge in [-0.15, -0.1) is 0 Å². The van der Waals surface area contributed by atoms with E-state index in [2.05, 4.69) is 42.6 Å². The fraction of sp³-hybridized carbons (Fsp3) is 0.294. The van der Waals surface area contributed by atoms with Gasteiger partial charge in [-0.05, 0) is 55.0 Å². The Morgan fingerprint density at radius 3 is 2.84 bits per heavy atom. The molecule has 19 heavy (non-hydrogen) atoms. The third kappa shape index (κ3) is 2.48. The second kappa shape index (κ2) is 5.26. The summed E-state index contributed by atoms with van der Waals surface area (Å²) in [5.74, 6) is 0. The van der Waals surface area contributed by atoms with E-state index in [9.17, 15) is 0 Å². The van der Waals surface area contributed by atoms with Crippen LogP contribution in [-0.2, 0) is 6.42 Å². The largest absolute Gasteiger partial charge is 0.378 e. The van der Waals surface area contributed by atoms with E-state index in [4.69, 9.17) is 11.6 Å². The van der Waals surface area contributed by atoms with Crippen LogP contribution in [0.4, 0.5) is 5.69 Å². The van der Waals surface area contributed by atoms with Crippen molar-refractivity contribution in [2.24, 2.45) is 0 Å². The summed E-state index contributed by atoms with van der Waals surface area (Å²) in [6, 6.07) is 15.2. The molecule has 0 radical (unpaired) electrons. The standard InChI is InChI=1S/C17H18ClN/c1-12-15(18)9-5-10-16(12)19-17-11-4-7-13-6-2-3-8-14(13)17/h2-3,5-6,8-10,17,19H,4,7,11H2,1H3. The van der Waals surface area contributed by atoms with Crippen molar-refractivity contribution in [1.82, 2.24) is 0 Å². The van der Waals surface area contributed by atoms with Crippen LogP contribution in [0.5, 0.6) is 0 Å². The topological polar surface area (TPSA) is 12.0 Å². The van der Waals surface area contributed by atoms with Crippen molar-refractivity contribution in [2.45, 2.75) is 32.2 Å². The highest BCUT2D eigenvalue weighted by molar-refractivity contribution is 6.31. The Bertz CT molecular complexity index is 592. The Balaban J connectivity index is 1.91.